The topological polar surface area (TPSA) is 29.3 Å². The molecule has 0 saturated carbocycles. The van der Waals surface area contributed by atoms with Crippen molar-refractivity contribution in [3.63, 3.8) is 0 Å². The van der Waals surface area contributed by atoms with Gasteiger partial charge in [-0.2, -0.15) is 0 Å². The Morgan fingerprint density at radius 1 is 1.31 bits per heavy atom. The van der Waals surface area contributed by atoms with E-state index in [4.69, 9.17) is 5.73 Å². The van der Waals surface area contributed by atoms with Crippen LogP contribution >= 0.6 is 15.9 Å². The van der Waals surface area contributed by atoms with Gasteiger partial charge in [0.2, 0.25) is 0 Å². The van der Waals surface area contributed by atoms with Gasteiger partial charge in [-0.05, 0) is 53.2 Å². The highest BCUT2D eigenvalue weighted by molar-refractivity contribution is 9.10. The van der Waals surface area contributed by atoms with Crippen LogP contribution in [0.15, 0.2) is 22.7 Å². The molecule has 0 aliphatic carbocycles. The molecule has 2 nitrogen and oxygen atoms in total. The second-order valence-electron chi connectivity index (χ2n) is 4.92. The van der Waals surface area contributed by atoms with Crippen LogP contribution in [0.25, 0.3) is 0 Å². The Morgan fingerprint density at radius 3 is 3.06 bits per heavy atom. The van der Waals surface area contributed by atoms with Crippen molar-refractivity contribution >= 4 is 21.6 Å². The summed E-state index contributed by atoms with van der Waals surface area (Å²) in [6, 6.07) is 7.61. The van der Waals surface area contributed by atoms with Gasteiger partial charge in [0, 0.05) is 23.1 Å². The molecule has 1 fully saturated rings. The zero-order valence-electron chi connectivity index (χ0n) is 9.32. The Bertz CT molecular complexity index is 405. The molecular formula is C13H17BrN2. The minimum Gasteiger partial charge on any atom is -0.367 e. The second kappa shape index (κ2) is 4.04. The summed E-state index contributed by atoms with van der Waals surface area (Å²) in [5.41, 5.74) is 8.97. The molecule has 86 valence electrons. The summed E-state index contributed by atoms with van der Waals surface area (Å²) in [5, 5.41) is 0. The van der Waals surface area contributed by atoms with Crippen LogP contribution in [0.2, 0.25) is 0 Å². The van der Waals surface area contributed by atoms with E-state index in [1.807, 2.05) is 0 Å². The van der Waals surface area contributed by atoms with Gasteiger partial charge in [0.1, 0.15) is 0 Å². The maximum atomic E-state index is 6.06. The van der Waals surface area contributed by atoms with Gasteiger partial charge < -0.3 is 10.6 Å². The molecule has 1 saturated heterocycles. The summed E-state index contributed by atoms with van der Waals surface area (Å²) >= 11 is 3.69. The molecule has 2 atom stereocenters. The molecule has 2 N–H and O–H groups in total. The monoisotopic (exact) mass is 280 g/mol. The molecule has 2 unspecified atom stereocenters. The second-order valence-corrected chi connectivity index (χ2v) is 5.77. The Hall–Kier alpha value is -0.540. The number of nitrogens with two attached hydrogens (primary N) is 1. The lowest BCUT2D eigenvalue weighted by atomic mass is 9.88. The molecule has 2 aliphatic rings. The van der Waals surface area contributed by atoms with Crippen LogP contribution in [0.3, 0.4) is 0 Å². The number of hydrogen-bond donors (Lipinski definition) is 1. The largest absolute Gasteiger partial charge is 0.367 e. The summed E-state index contributed by atoms with van der Waals surface area (Å²) in [6.07, 6.45) is 4.73. The van der Waals surface area contributed by atoms with E-state index in [1.54, 1.807) is 0 Å². The van der Waals surface area contributed by atoms with Crippen LogP contribution < -0.4 is 10.6 Å². The van der Waals surface area contributed by atoms with Crippen LogP contribution in [-0.2, 0) is 6.42 Å². The number of piperidine rings is 1. The highest BCUT2D eigenvalue weighted by Gasteiger charge is 2.32. The first-order valence-electron chi connectivity index (χ1n) is 6.05. The molecule has 1 aromatic rings. The van der Waals surface area contributed by atoms with Gasteiger partial charge in [0.25, 0.3) is 0 Å². The summed E-state index contributed by atoms with van der Waals surface area (Å²) in [4.78, 5) is 2.56. The average Bonchev–Trinajstić information content (AvgIpc) is 2.29. The zero-order valence-corrected chi connectivity index (χ0v) is 10.9. The Morgan fingerprint density at radius 2 is 2.19 bits per heavy atom. The first-order chi connectivity index (χ1) is 7.75. The normalized spacial score (nSPS) is 28.5. The lowest BCUT2D eigenvalue weighted by molar-refractivity contribution is 0.383. The first-order valence-corrected chi connectivity index (χ1v) is 6.84. The van der Waals surface area contributed by atoms with Crippen molar-refractivity contribution in [2.75, 3.05) is 11.4 Å². The number of para-hydroxylation sites is 1. The van der Waals surface area contributed by atoms with Crippen molar-refractivity contribution < 1.29 is 0 Å². The quantitative estimate of drug-likeness (QED) is 0.792. The van der Waals surface area contributed by atoms with E-state index in [1.165, 1.54) is 28.6 Å². The lowest BCUT2D eigenvalue weighted by Gasteiger charge is -2.44. The predicted octanol–water partition coefficient (Wildman–Crippen LogP) is 2.69. The number of rotatable bonds is 0. The molecule has 0 aromatic heterocycles. The molecule has 0 spiro atoms. The minimum atomic E-state index is 0.408. The molecule has 0 amide bonds. The zero-order chi connectivity index (χ0) is 11.1. The van der Waals surface area contributed by atoms with E-state index in [2.05, 4.69) is 39.0 Å². The van der Waals surface area contributed by atoms with Gasteiger partial charge in [-0.25, -0.2) is 0 Å². The third-order valence-electron chi connectivity index (χ3n) is 3.86. The fourth-order valence-corrected chi connectivity index (χ4v) is 3.69. The highest BCUT2D eigenvalue weighted by atomic mass is 79.9. The van der Waals surface area contributed by atoms with Crippen LogP contribution in [0.5, 0.6) is 0 Å². The molecule has 3 heteroatoms. The molecule has 1 aromatic carbocycles. The van der Waals surface area contributed by atoms with E-state index < -0.39 is 0 Å². The van der Waals surface area contributed by atoms with Gasteiger partial charge in [0.15, 0.2) is 0 Å². The summed E-state index contributed by atoms with van der Waals surface area (Å²) in [5.74, 6) is 0. The maximum absolute atomic E-state index is 6.06. The van der Waals surface area contributed by atoms with Gasteiger partial charge >= 0.3 is 0 Å². The molecule has 2 aliphatic heterocycles. The van der Waals surface area contributed by atoms with Crippen LogP contribution in [0.4, 0.5) is 5.69 Å². The standard InChI is InChI=1S/C13H17BrN2/c14-12-3-1-2-9-4-5-11-8-10(15)6-7-16(11)13(9)12/h1-3,10-11H,4-8,15H2. The van der Waals surface area contributed by atoms with Gasteiger partial charge in [-0.15, -0.1) is 0 Å². The maximum Gasteiger partial charge on any atom is 0.0545 e. The van der Waals surface area contributed by atoms with E-state index >= 15 is 0 Å². The number of aryl methyl sites for hydroxylation is 1. The number of hydrogen-bond acceptors (Lipinski definition) is 2. The van der Waals surface area contributed by atoms with Crippen molar-refractivity contribution in [1.29, 1.82) is 0 Å². The molecular weight excluding hydrogens is 264 g/mol. The SMILES string of the molecule is NC1CCN2c3c(Br)cccc3CCC2C1. The molecule has 0 radical (unpaired) electrons. The van der Waals surface area contributed by atoms with E-state index in [9.17, 15) is 0 Å². The van der Waals surface area contributed by atoms with Crippen molar-refractivity contribution in [3.05, 3.63) is 28.2 Å². The summed E-state index contributed by atoms with van der Waals surface area (Å²) in [7, 11) is 0. The molecule has 2 heterocycles. The van der Waals surface area contributed by atoms with E-state index in [0.717, 1.165) is 19.4 Å². The number of fused-ring (bicyclic) bond motifs is 3. The van der Waals surface area contributed by atoms with Crippen molar-refractivity contribution in [1.82, 2.24) is 0 Å². The smallest absolute Gasteiger partial charge is 0.0545 e. The van der Waals surface area contributed by atoms with Gasteiger partial charge in [-0.1, -0.05) is 12.1 Å². The lowest BCUT2D eigenvalue weighted by Crippen LogP contribution is -2.49. The number of benzene rings is 1. The average molecular weight is 281 g/mol. The summed E-state index contributed by atoms with van der Waals surface area (Å²) in [6.45, 7) is 1.11. The molecule has 3 rings (SSSR count). The fraction of sp³-hybridized carbons (Fsp3) is 0.538. The van der Waals surface area contributed by atoms with Crippen molar-refractivity contribution in [2.45, 2.75) is 37.8 Å². The number of nitrogens with zero attached hydrogens (tertiary/aromatic N) is 1. The van der Waals surface area contributed by atoms with E-state index in [0.29, 0.717) is 12.1 Å². The Labute approximate surface area is 105 Å². The minimum absolute atomic E-state index is 0.408. The number of halogens is 1. The molecule has 0 bridgehead atoms. The van der Waals surface area contributed by atoms with Crippen LogP contribution in [-0.4, -0.2) is 18.6 Å². The first kappa shape index (κ1) is 10.6. The van der Waals surface area contributed by atoms with Crippen molar-refractivity contribution in [2.24, 2.45) is 5.73 Å². The van der Waals surface area contributed by atoms with Gasteiger partial charge in [-0.3, -0.25) is 0 Å². The third-order valence-corrected chi connectivity index (χ3v) is 4.50. The fourth-order valence-electron chi connectivity index (χ4n) is 3.06. The third kappa shape index (κ3) is 1.66. The summed E-state index contributed by atoms with van der Waals surface area (Å²) < 4.78 is 1.24. The Balaban J connectivity index is 1.99. The van der Waals surface area contributed by atoms with E-state index in [-0.39, 0.29) is 0 Å². The predicted molar refractivity (Wildman–Crippen MR) is 70.8 cm³/mol. The van der Waals surface area contributed by atoms with Crippen LogP contribution in [0.1, 0.15) is 24.8 Å². The van der Waals surface area contributed by atoms with Crippen LogP contribution in [0, 0.1) is 0 Å². The van der Waals surface area contributed by atoms with Gasteiger partial charge in [0.05, 0.1) is 5.69 Å². The van der Waals surface area contributed by atoms with Crippen molar-refractivity contribution in [3.8, 4) is 0 Å². The number of anilines is 1. The molecule has 16 heavy (non-hydrogen) atoms. The highest BCUT2D eigenvalue weighted by Crippen LogP contribution is 2.39. The Kier molecular flexibility index (Phi) is 2.68.